The lowest BCUT2D eigenvalue weighted by Gasteiger charge is -2.38. The molecule has 4 atom stereocenters. The number of fused-ring (bicyclic) bond motifs is 4. The summed E-state index contributed by atoms with van der Waals surface area (Å²) >= 11 is 0. The van der Waals surface area contributed by atoms with Crippen molar-refractivity contribution in [1.82, 2.24) is 25.1 Å². The van der Waals surface area contributed by atoms with Gasteiger partial charge >= 0.3 is 6.18 Å². The number of benzene rings is 1. The summed E-state index contributed by atoms with van der Waals surface area (Å²) in [5.74, 6) is -1.07. The number of H-pyrrole nitrogens is 1. The Labute approximate surface area is 254 Å². The molecule has 9 nitrogen and oxygen atoms in total. The molecule has 4 aromatic rings. The second-order valence-electron chi connectivity index (χ2n) is 12.8. The summed E-state index contributed by atoms with van der Waals surface area (Å²) < 4.78 is 87.4. The first-order valence-corrected chi connectivity index (χ1v) is 15.2. The minimum Gasteiger partial charge on any atom is -0.476 e. The van der Waals surface area contributed by atoms with Gasteiger partial charge in [0.2, 0.25) is 11.8 Å². The Morgan fingerprint density at radius 3 is 2.87 bits per heavy atom. The highest BCUT2D eigenvalue weighted by atomic mass is 19.4. The van der Waals surface area contributed by atoms with E-state index in [-0.39, 0.29) is 59.4 Å². The van der Waals surface area contributed by atoms with Gasteiger partial charge in [-0.25, -0.2) is 18.7 Å². The molecule has 7 heterocycles. The number of ether oxygens (including phenoxy) is 2. The SMILES string of the molecule is Cc1cc2[nH]ncc2c(-c2nc3c4c(cc(OC[C@@]56CCCN5C[C@H](F)C6)nc4c2F)N2CC(O)CCC2CO3)c1C(F)(F)F. The van der Waals surface area contributed by atoms with Gasteiger partial charge in [-0.15, -0.1) is 0 Å². The predicted molar refractivity (Wildman–Crippen MR) is 155 cm³/mol. The van der Waals surface area contributed by atoms with Crippen molar-refractivity contribution in [2.45, 2.75) is 69.1 Å². The van der Waals surface area contributed by atoms with Crippen LogP contribution in [0.5, 0.6) is 11.8 Å². The number of aryl methyl sites for hydroxylation is 1. The number of aromatic amines is 1. The summed E-state index contributed by atoms with van der Waals surface area (Å²) in [6.07, 6.45) is -2.13. The van der Waals surface area contributed by atoms with Crippen molar-refractivity contribution in [3.63, 3.8) is 0 Å². The maximum Gasteiger partial charge on any atom is 0.417 e. The quantitative estimate of drug-likeness (QED) is 0.293. The van der Waals surface area contributed by atoms with E-state index in [2.05, 4.69) is 25.1 Å². The molecule has 3 aromatic heterocycles. The molecule has 14 heteroatoms. The summed E-state index contributed by atoms with van der Waals surface area (Å²) in [6.45, 7) is 2.89. The summed E-state index contributed by atoms with van der Waals surface area (Å²) in [6, 6.07) is 2.76. The van der Waals surface area contributed by atoms with E-state index in [1.54, 1.807) is 6.07 Å². The smallest absolute Gasteiger partial charge is 0.417 e. The van der Waals surface area contributed by atoms with E-state index in [1.165, 1.54) is 19.2 Å². The molecule has 0 spiro atoms. The Kier molecular flexibility index (Phi) is 6.44. The summed E-state index contributed by atoms with van der Waals surface area (Å²) in [7, 11) is 0. The molecule has 0 amide bonds. The third-order valence-electron chi connectivity index (χ3n) is 9.93. The number of halogens is 5. The van der Waals surface area contributed by atoms with Gasteiger partial charge in [0.15, 0.2) is 5.82 Å². The number of anilines is 1. The number of aliphatic hydroxyl groups is 1. The number of aromatic nitrogens is 4. The van der Waals surface area contributed by atoms with Crippen LogP contribution in [0.25, 0.3) is 33.1 Å². The van der Waals surface area contributed by atoms with Gasteiger partial charge in [-0.05, 0) is 50.8 Å². The van der Waals surface area contributed by atoms with Crippen LogP contribution in [0.3, 0.4) is 0 Å². The fraction of sp³-hybridized carbons (Fsp3) is 0.516. The molecule has 0 bridgehead atoms. The lowest BCUT2D eigenvalue weighted by molar-refractivity contribution is -0.137. The van der Waals surface area contributed by atoms with E-state index in [0.717, 1.165) is 19.4 Å². The summed E-state index contributed by atoms with van der Waals surface area (Å²) in [4.78, 5) is 12.9. The molecule has 1 aromatic carbocycles. The van der Waals surface area contributed by atoms with Crippen LogP contribution in [0.4, 0.5) is 27.6 Å². The second kappa shape index (κ2) is 10.1. The van der Waals surface area contributed by atoms with E-state index in [0.29, 0.717) is 37.0 Å². The molecule has 4 aliphatic rings. The third-order valence-corrected chi connectivity index (χ3v) is 9.93. The monoisotopic (exact) mass is 630 g/mol. The van der Waals surface area contributed by atoms with Crippen LogP contribution in [-0.2, 0) is 6.18 Å². The molecular weight excluding hydrogens is 599 g/mol. The first-order valence-electron chi connectivity index (χ1n) is 15.2. The number of alkyl halides is 4. The van der Waals surface area contributed by atoms with Crippen LogP contribution >= 0.6 is 0 Å². The normalized spacial score (nSPS) is 26.6. The standard InChI is InChI=1S/C31H31F5N6O3/c1-15-7-20-19(10-37-40-20)23(25(15)31(34,35)36)27-26(33)28-24-21(42-12-18(43)4-3-17(42)13-44-29(24)39-27)8-22(38-28)45-14-30-5-2-6-41(30)11-16(32)9-30/h7-8,10,16-18,43H,2-6,9,11-14H2,1H3,(H,37,40)/t16-,17?,18?,30+/m1/s1. The summed E-state index contributed by atoms with van der Waals surface area (Å²) in [5.41, 5.74) is -2.17. The Hall–Kier alpha value is -3.78. The lowest BCUT2D eigenvalue weighted by atomic mass is 9.94. The van der Waals surface area contributed by atoms with Crippen molar-refractivity contribution >= 4 is 27.5 Å². The van der Waals surface area contributed by atoms with Crippen molar-refractivity contribution in [2.24, 2.45) is 0 Å². The minimum absolute atomic E-state index is 0.0510. The first-order chi connectivity index (χ1) is 21.5. The molecule has 0 radical (unpaired) electrons. The molecule has 238 valence electrons. The van der Waals surface area contributed by atoms with Crippen molar-refractivity contribution < 1.29 is 36.5 Å². The Morgan fingerprint density at radius 2 is 2.04 bits per heavy atom. The van der Waals surface area contributed by atoms with Crippen molar-refractivity contribution in [3.8, 4) is 23.0 Å². The Morgan fingerprint density at radius 1 is 1.20 bits per heavy atom. The fourth-order valence-electron chi connectivity index (χ4n) is 7.91. The van der Waals surface area contributed by atoms with Crippen LogP contribution in [0, 0.1) is 12.7 Å². The number of rotatable bonds is 4. The fourth-order valence-corrected chi connectivity index (χ4v) is 7.91. The predicted octanol–water partition coefficient (Wildman–Crippen LogP) is 5.32. The number of hydrogen-bond donors (Lipinski definition) is 2. The van der Waals surface area contributed by atoms with Gasteiger partial charge in [-0.1, -0.05) is 0 Å². The molecule has 0 saturated carbocycles. The van der Waals surface area contributed by atoms with Crippen molar-refractivity contribution in [2.75, 3.05) is 37.7 Å². The van der Waals surface area contributed by atoms with Crippen molar-refractivity contribution in [3.05, 3.63) is 35.3 Å². The van der Waals surface area contributed by atoms with Gasteiger partial charge in [0, 0.05) is 36.5 Å². The maximum atomic E-state index is 16.9. The average Bonchev–Trinajstić information content (AvgIpc) is 3.66. The van der Waals surface area contributed by atoms with Gasteiger partial charge in [0.05, 0.1) is 46.0 Å². The lowest BCUT2D eigenvalue weighted by Crippen LogP contribution is -2.47. The van der Waals surface area contributed by atoms with Gasteiger partial charge in [0.1, 0.15) is 30.6 Å². The number of pyridine rings is 2. The van der Waals surface area contributed by atoms with E-state index in [4.69, 9.17) is 9.47 Å². The molecule has 4 aliphatic heterocycles. The number of aliphatic hydroxyl groups excluding tert-OH is 1. The Bertz CT molecular complexity index is 1830. The van der Waals surface area contributed by atoms with Crippen molar-refractivity contribution in [1.29, 1.82) is 0 Å². The number of hydrogen-bond acceptors (Lipinski definition) is 8. The van der Waals surface area contributed by atoms with Gasteiger partial charge in [0.25, 0.3) is 0 Å². The zero-order valence-corrected chi connectivity index (χ0v) is 24.4. The molecule has 3 fully saturated rings. The molecule has 3 saturated heterocycles. The van der Waals surface area contributed by atoms with Crippen LogP contribution in [0.15, 0.2) is 18.3 Å². The number of nitrogens with zero attached hydrogens (tertiary/aromatic N) is 5. The molecule has 45 heavy (non-hydrogen) atoms. The highest BCUT2D eigenvalue weighted by Gasteiger charge is 2.49. The van der Waals surface area contributed by atoms with Crippen LogP contribution < -0.4 is 14.4 Å². The minimum atomic E-state index is -4.83. The first kappa shape index (κ1) is 28.7. The van der Waals surface area contributed by atoms with Gasteiger partial charge in [-0.2, -0.15) is 18.3 Å². The molecule has 8 rings (SSSR count). The molecule has 2 unspecified atom stereocenters. The largest absolute Gasteiger partial charge is 0.476 e. The van der Waals surface area contributed by atoms with Gasteiger partial charge < -0.3 is 19.5 Å². The molecule has 2 N–H and O–H groups in total. The highest BCUT2D eigenvalue weighted by molar-refractivity contribution is 6.03. The maximum absolute atomic E-state index is 16.9. The zero-order valence-electron chi connectivity index (χ0n) is 24.4. The van der Waals surface area contributed by atoms with E-state index < -0.39 is 46.6 Å². The highest BCUT2D eigenvalue weighted by Crippen LogP contribution is 2.48. The zero-order chi connectivity index (χ0) is 31.2. The topological polar surface area (TPSA) is 99.6 Å². The van der Waals surface area contributed by atoms with Crippen LogP contribution in [0.1, 0.15) is 43.2 Å². The third kappa shape index (κ3) is 4.50. The molecule has 0 aliphatic carbocycles. The van der Waals surface area contributed by atoms with Crippen LogP contribution in [-0.4, -0.2) is 86.9 Å². The molecular formula is C31H31F5N6O3. The van der Waals surface area contributed by atoms with E-state index in [1.807, 2.05) is 4.90 Å². The number of nitrogens with one attached hydrogen (secondary N) is 1. The second-order valence-corrected chi connectivity index (χ2v) is 12.8. The Balaban J connectivity index is 1.34. The van der Waals surface area contributed by atoms with Gasteiger partial charge in [-0.3, -0.25) is 10.00 Å². The van der Waals surface area contributed by atoms with Crippen LogP contribution in [0.2, 0.25) is 0 Å². The van der Waals surface area contributed by atoms with E-state index in [9.17, 15) is 22.7 Å². The number of piperidine rings is 1. The average molecular weight is 631 g/mol. The van der Waals surface area contributed by atoms with E-state index >= 15 is 4.39 Å². The summed E-state index contributed by atoms with van der Waals surface area (Å²) in [5, 5.41) is 17.4.